The molecule has 0 radical (unpaired) electrons. The fraction of sp³-hybridized carbons (Fsp3) is 0.462. The van der Waals surface area contributed by atoms with Crippen molar-refractivity contribution >= 4 is 23.0 Å². The Kier molecular flexibility index (Phi) is 5.09. The smallest absolute Gasteiger partial charge is 0.131 e. The summed E-state index contributed by atoms with van der Waals surface area (Å²) in [7, 11) is 0. The number of rotatable bonds is 7. The summed E-state index contributed by atoms with van der Waals surface area (Å²) >= 11 is 1.69. The summed E-state index contributed by atoms with van der Waals surface area (Å²) in [6, 6.07) is 1.93. The molecule has 2 aromatic rings. The van der Waals surface area contributed by atoms with Gasteiger partial charge in [0.1, 0.15) is 18.0 Å². The Morgan fingerprint density at radius 1 is 1.16 bits per heavy atom. The van der Waals surface area contributed by atoms with E-state index in [4.69, 9.17) is 0 Å². The number of aromatic nitrogens is 3. The van der Waals surface area contributed by atoms with Crippen molar-refractivity contribution in [2.24, 2.45) is 0 Å². The van der Waals surface area contributed by atoms with Gasteiger partial charge in [-0.15, -0.1) is 11.3 Å². The molecule has 0 aliphatic heterocycles. The lowest BCUT2D eigenvalue weighted by atomic mass is 10.3. The van der Waals surface area contributed by atoms with Gasteiger partial charge in [0, 0.05) is 31.0 Å². The van der Waals surface area contributed by atoms with Crippen LogP contribution in [0.4, 0.5) is 11.6 Å². The average molecular weight is 277 g/mol. The lowest BCUT2D eigenvalue weighted by Crippen LogP contribution is -2.08. The average Bonchev–Trinajstić information content (AvgIpc) is 2.83. The van der Waals surface area contributed by atoms with E-state index in [-0.39, 0.29) is 0 Å². The van der Waals surface area contributed by atoms with Crippen LogP contribution >= 0.6 is 11.3 Å². The molecule has 0 aliphatic carbocycles. The quantitative estimate of drug-likeness (QED) is 0.814. The maximum atomic E-state index is 4.43. The minimum atomic E-state index is 0.827. The van der Waals surface area contributed by atoms with E-state index in [0.717, 1.165) is 48.3 Å². The molecular weight excluding hydrogens is 258 g/mol. The molecule has 0 amide bonds. The Balaban J connectivity index is 1.82. The Labute approximate surface area is 117 Å². The van der Waals surface area contributed by atoms with Crippen molar-refractivity contribution in [3.8, 4) is 0 Å². The number of anilines is 2. The highest BCUT2D eigenvalue weighted by molar-refractivity contribution is 7.09. The molecule has 2 heterocycles. The zero-order valence-corrected chi connectivity index (χ0v) is 12.1. The van der Waals surface area contributed by atoms with Gasteiger partial charge in [-0.1, -0.05) is 6.92 Å². The highest BCUT2D eigenvalue weighted by Crippen LogP contribution is 2.10. The summed E-state index contributed by atoms with van der Waals surface area (Å²) in [6.07, 6.45) is 3.56. The molecular formula is C13H19N5S. The number of hydrogen-bond acceptors (Lipinski definition) is 6. The van der Waals surface area contributed by atoms with Crippen molar-refractivity contribution in [1.82, 2.24) is 15.0 Å². The van der Waals surface area contributed by atoms with Crippen LogP contribution < -0.4 is 10.6 Å². The minimum Gasteiger partial charge on any atom is -0.370 e. The van der Waals surface area contributed by atoms with Crippen molar-refractivity contribution in [3.05, 3.63) is 28.5 Å². The van der Waals surface area contributed by atoms with Crippen molar-refractivity contribution in [2.75, 3.05) is 23.7 Å². The van der Waals surface area contributed by atoms with E-state index in [1.54, 1.807) is 17.7 Å². The highest BCUT2D eigenvalue weighted by Gasteiger charge is 2.00. The zero-order valence-electron chi connectivity index (χ0n) is 11.3. The number of aryl methyl sites for hydroxylation is 1. The SMILES string of the molecule is CCCNc1cc(NCCc2csc(C)n2)ncn1. The molecule has 102 valence electrons. The van der Waals surface area contributed by atoms with Crippen LogP contribution in [0.15, 0.2) is 17.8 Å². The molecule has 0 aromatic carbocycles. The van der Waals surface area contributed by atoms with Crippen molar-refractivity contribution in [2.45, 2.75) is 26.7 Å². The highest BCUT2D eigenvalue weighted by atomic mass is 32.1. The predicted octanol–water partition coefficient (Wildman–Crippen LogP) is 2.72. The summed E-state index contributed by atoms with van der Waals surface area (Å²) in [5.74, 6) is 1.71. The summed E-state index contributed by atoms with van der Waals surface area (Å²) in [5, 5.41) is 9.75. The van der Waals surface area contributed by atoms with Gasteiger partial charge in [0.2, 0.25) is 0 Å². The molecule has 6 heteroatoms. The Morgan fingerprint density at radius 3 is 2.53 bits per heavy atom. The number of nitrogens with zero attached hydrogens (tertiary/aromatic N) is 3. The molecule has 0 unspecified atom stereocenters. The maximum absolute atomic E-state index is 4.43. The van der Waals surface area contributed by atoms with Crippen LogP contribution in [0.3, 0.4) is 0 Å². The van der Waals surface area contributed by atoms with Gasteiger partial charge >= 0.3 is 0 Å². The molecule has 0 atom stereocenters. The Morgan fingerprint density at radius 2 is 1.89 bits per heavy atom. The molecule has 0 bridgehead atoms. The molecule has 2 N–H and O–H groups in total. The van der Waals surface area contributed by atoms with Gasteiger partial charge in [0.05, 0.1) is 10.7 Å². The Bertz CT molecular complexity index is 511. The first kappa shape index (κ1) is 13.7. The van der Waals surface area contributed by atoms with Crippen LogP contribution in [0.1, 0.15) is 24.0 Å². The molecule has 2 aromatic heterocycles. The summed E-state index contributed by atoms with van der Waals surface area (Å²) in [5.41, 5.74) is 1.13. The van der Waals surface area contributed by atoms with Gasteiger partial charge in [0.15, 0.2) is 0 Å². The van der Waals surface area contributed by atoms with Gasteiger partial charge in [0.25, 0.3) is 0 Å². The van der Waals surface area contributed by atoms with Gasteiger partial charge in [-0.2, -0.15) is 0 Å². The molecule has 0 saturated heterocycles. The molecule has 0 saturated carbocycles. The first-order valence-electron chi connectivity index (χ1n) is 6.48. The van der Waals surface area contributed by atoms with Crippen molar-refractivity contribution < 1.29 is 0 Å². The van der Waals surface area contributed by atoms with E-state index in [9.17, 15) is 0 Å². The molecule has 2 rings (SSSR count). The monoisotopic (exact) mass is 277 g/mol. The lowest BCUT2D eigenvalue weighted by molar-refractivity contribution is 0.948. The normalized spacial score (nSPS) is 10.4. The summed E-state index contributed by atoms with van der Waals surface area (Å²) in [4.78, 5) is 12.8. The molecule has 19 heavy (non-hydrogen) atoms. The van der Waals surface area contributed by atoms with E-state index in [2.05, 4.69) is 37.9 Å². The largest absolute Gasteiger partial charge is 0.370 e. The summed E-state index contributed by atoms with van der Waals surface area (Å²) in [6.45, 7) is 5.91. The van der Waals surface area contributed by atoms with E-state index in [1.807, 2.05) is 13.0 Å². The second-order valence-electron chi connectivity index (χ2n) is 4.25. The van der Waals surface area contributed by atoms with Crippen LogP contribution in [-0.2, 0) is 6.42 Å². The minimum absolute atomic E-state index is 0.827. The van der Waals surface area contributed by atoms with Crippen LogP contribution in [0, 0.1) is 6.92 Å². The number of nitrogens with one attached hydrogen (secondary N) is 2. The third-order valence-corrected chi connectivity index (χ3v) is 3.40. The maximum Gasteiger partial charge on any atom is 0.131 e. The first-order chi connectivity index (χ1) is 9.28. The number of thiazole rings is 1. The molecule has 5 nitrogen and oxygen atoms in total. The van der Waals surface area contributed by atoms with Crippen molar-refractivity contribution in [1.29, 1.82) is 0 Å². The van der Waals surface area contributed by atoms with Gasteiger partial charge in [-0.05, 0) is 13.3 Å². The molecule has 0 fully saturated rings. The van der Waals surface area contributed by atoms with E-state index in [1.165, 1.54) is 0 Å². The van der Waals surface area contributed by atoms with E-state index < -0.39 is 0 Å². The van der Waals surface area contributed by atoms with Gasteiger partial charge < -0.3 is 10.6 Å². The Hall–Kier alpha value is -1.69. The topological polar surface area (TPSA) is 62.7 Å². The van der Waals surface area contributed by atoms with E-state index >= 15 is 0 Å². The molecule has 0 aliphatic rings. The van der Waals surface area contributed by atoms with Crippen LogP contribution in [0.25, 0.3) is 0 Å². The van der Waals surface area contributed by atoms with Crippen LogP contribution in [0.2, 0.25) is 0 Å². The number of hydrogen-bond donors (Lipinski definition) is 2. The van der Waals surface area contributed by atoms with Gasteiger partial charge in [-0.3, -0.25) is 0 Å². The second kappa shape index (κ2) is 7.04. The zero-order chi connectivity index (χ0) is 13.5. The predicted molar refractivity (Wildman–Crippen MR) is 79.9 cm³/mol. The lowest BCUT2D eigenvalue weighted by Gasteiger charge is -2.07. The molecule has 0 spiro atoms. The van der Waals surface area contributed by atoms with Gasteiger partial charge in [-0.25, -0.2) is 15.0 Å². The first-order valence-corrected chi connectivity index (χ1v) is 7.36. The van der Waals surface area contributed by atoms with Crippen LogP contribution in [-0.4, -0.2) is 28.0 Å². The summed E-state index contributed by atoms with van der Waals surface area (Å²) < 4.78 is 0. The van der Waals surface area contributed by atoms with Crippen molar-refractivity contribution in [3.63, 3.8) is 0 Å². The standard InChI is InChI=1S/C13H19N5S/c1-3-5-14-12-7-13(17-9-16-12)15-6-4-11-8-19-10(2)18-11/h7-9H,3-6H2,1-2H3,(H2,14,15,16,17). The third kappa shape index (κ3) is 4.48. The van der Waals surface area contributed by atoms with E-state index in [0.29, 0.717) is 0 Å². The van der Waals surface area contributed by atoms with Crippen LogP contribution in [0.5, 0.6) is 0 Å². The third-order valence-electron chi connectivity index (χ3n) is 2.58. The second-order valence-corrected chi connectivity index (χ2v) is 5.31. The fourth-order valence-electron chi connectivity index (χ4n) is 1.65. The fourth-order valence-corrected chi connectivity index (χ4v) is 2.29.